The molecule has 0 fully saturated rings. The zero-order chi connectivity index (χ0) is 15.4. The van der Waals surface area contributed by atoms with Crippen LogP contribution >= 0.6 is 0 Å². The number of hydrogen-bond donors (Lipinski definition) is 1. The van der Waals surface area contributed by atoms with Gasteiger partial charge in [-0.15, -0.1) is 0 Å². The molecule has 1 atom stereocenters. The van der Waals surface area contributed by atoms with Crippen LogP contribution in [0.3, 0.4) is 0 Å². The Balaban J connectivity index is 2.19. The normalized spacial score (nSPS) is 11.9. The SMILES string of the molecule is COc1ccc(NC(C)c2ccc(OC)cc2F)c(C)c1. The van der Waals surface area contributed by atoms with Crippen LogP contribution in [0.4, 0.5) is 10.1 Å². The van der Waals surface area contributed by atoms with Gasteiger partial charge < -0.3 is 14.8 Å². The second-order valence-electron chi connectivity index (χ2n) is 4.93. The number of aryl methyl sites for hydroxylation is 1. The van der Waals surface area contributed by atoms with Crippen molar-refractivity contribution in [3.05, 3.63) is 53.3 Å². The lowest BCUT2D eigenvalue weighted by molar-refractivity contribution is 0.410. The standard InChI is InChI=1S/C17H20FNO2/c1-11-9-13(20-3)6-8-17(11)19-12(2)15-7-5-14(21-4)10-16(15)18/h5-10,12,19H,1-4H3. The molecule has 2 rings (SSSR count). The van der Waals surface area contributed by atoms with Crippen molar-refractivity contribution in [1.29, 1.82) is 0 Å². The summed E-state index contributed by atoms with van der Waals surface area (Å²) in [5, 5.41) is 3.32. The van der Waals surface area contributed by atoms with Crippen molar-refractivity contribution in [2.75, 3.05) is 19.5 Å². The van der Waals surface area contributed by atoms with E-state index < -0.39 is 0 Å². The molecule has 0 spiro atoms. The van der Waals surface area contributed by atoms with Gasteiger partial charge in [-0.2, -0.15) is 0 Å². The van der Waals surface area contributed by atoms with Gasteiger partial charge in [-0.1, -0.05) is 6.07 Å². The van der Waals surface area contributed by atoms with Crippen molar-refractivity contribution in [2.24, 2.45) is 0 Å². The zero-order valence-electron chi connectivity index (χ0n) is 12.7. The summed E-state index contributed by atoms with van der Waals surface area (Å²) in [5.74, 6) is 1.05. The van der Waals surface area contributed by atoms with Gasteiger partial charge in [0.05, 0.1) is 20.3 Å². The fourth-order valence-corrected chi connectivity index (χ4v) is 2.22. The molecule has 1 unspecified atom stereocenters. The van der Waals surface area contributed by atoms with Gasteiger partial charge in [-0.25, -0.2) is 4.39 Å². The lowest BCUT2D eigenvalue weighted by atomic mass is 10.1. The molecule has 0 heterocycles. The summed E-state index contributed by atoms with van der Waals surface area (Å²) >= 11 is 0. The first-order chi connectivity index (χ1) is 10.0. The smallest absolute Gasteiger partial charge is 0.132 e. The minimum atomic E-state index is -0.277. The van der Waals surface area contributed by atoms with Crippen LogP contribution in [-0.2, 0) is 0 Å². The average molecular weight is 289 g/mol. The number of methoxy groups -OCH3 is 2. The maximum Gasteiger partial charge on any atom is 0.132 e. The van der Waals surface area contributed by atoms with Crippen LogP contribution < -0.4 is 14.8 Å². The van der Waals surface area contributed by atoms with Crippen LogP contribution in [0.1, 0.15) is 24.1 Å². The van der Waals surface area contributed by atoms with Crippen molar-refractivity contribution in [3.8, 4) is 11.5 Å². The summed E-state index contributed by atoms with van der Waals surface area (Å²) in [6, 6.07) is 10.5. The Bertz CT molecular complexity index is 628. The first-order valence-electron chi connectivity index (χ1n) is 6.79. The number of hydrogen-bond acceptors (Lipinski definition) is 3. The first kappa shape index (κ1) is 15.2. The van der Waals surface area contributed by atoms with E-state index >= 15 is 0 Å². The van der Waals surface area contributed by atoms with Crippen molar-refractivity contribution < 1.29 is 13.9 Å². The van der Waals surface area contributed by atoms with E-state index in [9.17, 15) is 4.39 Å². The highest BCUT2D eigenvalue weighted by atomic mass is 19.1. The Labute approximate surface area is 124 Å². The van der Waals surface area contributed by atoms with E-state index in [4.69, 9.17) is 9.47 Å². The maximum atomic E-state index is 14.1. The van der Waals surface area contributed by atoms with E-state index in [2.05, 4.69) is 5.32 Å². The average Bonchev–Trinajstić information content (AvgIpc) is 2.48. The number of rotatable bonds is 5. The van der Waals surface area contributed by atoms with Crippen LogP contribution in [0.5, 0.6) is 11.5 Å². The summed E-state index contributed by atoms with van der Waals surface area (Å²) in [5.41, 5.74) is 2.61. The predicted molar refractivity (Wildman–Crippen MR) is 82.7 cm³/mol. The molecule has 0 aliphatic heterocycles. The van der Waals surface area contributed by atoms with Crippen LogP contribution in [-0.4, -0.2) is 14.2 Å². The zero-order valence-corrected chi connectivity index (χ0v) is 12.7. The molecule has 112 valence electrons. The van der Waals surface area contributed by atoms with Gasteiger partial charge in [-0.3, -0.25) is 0 Å². The Morgan fingerprint density at radius 2 is 1.62 bits per heavy atom. The van der Waals surface area contributed by atoms with Gasteiger partial charge in [0, 0.05) is 17.3 Å². The third kappa shape index (κ3) is 3.45. The van der Waals surface area contributed by atoms with Crippen LogP contribution in [0.25, 0.3) is 0 Å². The van der Waals surface area contributed by atoms with E-state index in [0.717, 1.165) is 17.0 Å². The number of ether oxygens (including phenoxy) is 2. The second-order valence-corrected chi connectivity index (χ2v) is 4.93. The van der Waals surface area contributed by atoms with E-state index in [1.165, 1.54) is 13.2 Å². The molecule has 0 bridgehead atoms. The van der Waals surface area contributed by atoms with E-state index in [-0.39, 0.29) is 11.9 Å². The molecule has 0 saturated heterocycles. The summed E-state index contributed by atoms with van der Waals surface area (Å²) < 4.78 is 24.3. The van der Waals surface area contributed by atoms with Gasteiger partial charge in [0.2, 0.25) is 0 Å². The van der Waals surface area contributed by atoms with Crippen molar-refractivity contribution >= 4 is 5.69 Å². The highest BCUT2D eigenvalue weighted by Crippen LogP contribution is 2.27. The van der Waals surface area contributed by atoms with Crippen LogP contribution in [0.2, 0.25) is 0 Å². The third-order valence-electron chi connectivity index (χ3n) is 3.48. The van der Waals surface area contributed by atoms with Gasteiger partial charge >= 0.3 is 0 Å². The molecule has 2 aromatic carbocycles. The molecule has 0 radical (unpaired) electrons. The van der Waals surface area contributed by atoms with Crippen LogP contribution in [0.15, 0.2) is 36.4 Å². The summed E-state index contributed by atoms with van der Waals surface area (Å²) in [7, 11) is 3.16. The lowest BCUT2D eigenvalue weighted by Crippen LogP contribution is -2.09. The predicted octanol–water partition coefficient (Wildman–Crippen LogP) is 4.32. The van der Waals surface area contributed by atoms with Crippen LogP contribution in [0, 0.1) is 12.7 Å². The minimum absolute atomic E-state index is 0.150. The van der Waals surface area contributed by atoms with Gasteiger partial charge in [0.25, 0.3) is 0 Å². The second kappa shape index (κ2) is 6.48. The molecule has 1 N–H and O–H groups in total. The summed E-state index contributed by atoms with van der Waals surface area (Å²) in [6.45, 7) is 3.91. The Hall–Kier alpha value is -2.23. The van der Waals surface area contributed by atoms with E-state index in [1.807, 2.05) is 32.0 Å². The molecule has 21 heavy (non-hydrogen) atoms. The van der Waals surface area contributed by atoms with E-state index in [0.29, 0.717) is 11.3 Å². The fraction of sp³-hybridized carbons (Fsp3) is 0.294. The number of anilines is 1. The molecule has 0 amide bonds. The van der Waals surface area contributed by atoms with Crippen molar-refractivity contribution in [3.63, 3.8) is 0 Å². The quantitative estimate of drug-likeness (QED) is 0.889. The molecule has 0 saturated carbocycles. The fourth-order valence-electron chi connectivity index (χ4n) is 2.22. The highest BCUT2D eigenvalue weighted by molar-refractivity contribution is 5.55. The molecule has 0 aliphatic carbocycles. The third-order valence-corrected chi connectivity index (χ3v) is 3.48. The molecule has 3 nitrogen and oxygen atoms in total. The molecular formula is C17H20FNO2. The summed E-state index contributed by atoms with van der Waals surface area (Å²) in [4.78, 5) is 0. The Kier molecular flexibility index (Phi) is 4.68. The first-order valence-corrected chi connectivity index (χ1v) is 6.79. The van der Waals surface area contributed by atoms with Crippen molar-refractivity contribution in [2.45, 2.75) is 19.9 Å². The van der Waals surface area contributed by atoms with E-state index in [1.54, 1.807) is 19.2 Å². The molecular weight excluding hydrogens is 269 g/mol. The van der Waals surface area contributed by atoms with Crippen molar-refractivity contribution in [1.82, 2.24) is 0 Å². The largest absolute Gasteiger partial charge is 0.497 e. The Morgan fingerprint density at radius 3 is 2.19 bits per heavy atom. The topological polar surface area (TPSA) is 30.5 Å². The van der Waals surface area contributed by atoms with Gasteiger partial charge in [0.15, 0.2) is 0 Å². The number of halogens is 1. The minimum Gasteiger partial charge on any atom is -0.497 e. The molecule has 4 heteroatoms. The number of benzene rings is 2. The van der Waals surface area contributed by atoms with Gasteiger partial charge in [0.1, 0.15) is 17.3 Å². The lowest BCUT2D eigenvalue weighted by Gasteiger charge is -2.19. The summed E-state index contributed by atoms with van der Waals surface area (Å²) in [6.07, 6.45) is 0. The molecule has 2 aromatic rings. The molecule has 0 aromatic heterocycles. The Morgan fingerprint density at radius 1 is 1.00 bits per heavy atom. The molecule has 0 aliphatic rings. The maximum absolute atomic E-state index is 14.1. The highest BCUT2D eigenvalue weighted by Gasteiger charge is 2.13. The number of nitrogens with one attached hydrogen (secondary N) is 1. The monoisotopic (exact) mass is 289 g/mol. The van der Waals surface area contributed by atoms with Gasteiger partial charge in [-0.05, 0) is 43.7 Å².